The van der Waals surface area contributed by atoms with E-state index in [9.17, 15) is 0 Å². The summed E-state index contributed by atoms with van der Waals surface area (Å²) in [4.78, 5) is 2.51. The van der Waals surface area contributed by atoms with E-state index in [1.54, 1.807) is 0 Å². The summed E-state index contributed by atoms with van der Waals surface area (Å²) in [5.41, 5.74) is 15.5. The maximum absolute atomic E-state index is 2.51. The highest BCUT2D eigenvalue weighted by molar-refractivity contribution is 6.12. The molecule has 0 spiro atoms. The molecule has 0 fully saturated rings. The van der Waals surface area contributed by atoms with Gasteiger partial charge in [-0.1, -0.05) is 104 Å². The molecule has 0 radical (unpaired) electrons. The number of benzene rings is 6. The maximum atomic E-state index is 2.51. The quantitative estimate of drug-likeness (QED) is 0.204. The molecule has 0 aliphatic heterocycles. The predicted molar refractivity (Wildman–Crippen MR) is 189 cm³/mol. The van der Waals surface area contributed by atoms with E-state index in [1.165, 1.54) is 88.6 Å². The molecule has 0 N–H and O–H groups in total. The minimum absolute atomic E-state index is 0.109. The van der Waals surface area contributed by atoms with Crippen LogP contribution in [0.2, 0.25) is 0 Å². The third-order valence-corrected chi connectivity index (χ3v) is 9.98. The first-order valence-electron chi connectivity index (χ1n) is 15.8. The van der Waals surface area contributed by atoms with Gasteiger partial charge in [0.2, 0.25) is 0 Å². The first kappa shape index (κ1) is 26.8. The molecular weight excluding hydrogens is 532 g/mol. The van der Waals surface area contributed by atoms with Crippen LogP contribution in [0, 0.1) is 20.8 Å². The Kier molecular flexibility index (Phi) is 5.84. The Morgan fingerprint density at radius 1 is 0.591 bits per heavy atom. The first-order valence-corrected chi connectivity index (χ1v) is 15.8. The van der Waals surface area contributed by atoms with Gasteiger partial charge in [0.1, 0.15) is 0 Å². The number of anilines is 3. The molecule has 1 aliphatic carbocycles. The number of hydrogen-bond acceptors (Lipinski definition) is 1. The summed E-state index contributed by atoms with van der Waals surface area (Å²) in [6.45, 7) is 14.6. The largest absolute Gasteiger partial charge is 0.341 e. The van der Waals surface area contributed by atoms with E-state index in [-0.39, 0.29) is 5.41 Å². The highest BCUT2D eigenvalue weighted by atomic mass is 15.1. The number of fused-ring (bicyclic) bond motifs is 8. The standard InChI is InChI=1S/C42H38N2/c1-7-43-38-15-11-10-12-30(38)32-20-18-29(24-39(32)43)44(37-21-17-26(2)22-28(37)4)40-25-36-41(33-14-9-8-13-31(33)40)34-19-16-27(3)23-35(34)42(36,5)6/h8-25H,7H2,1-6H3. The topological polar surface area (TPSA) is 8.17 Å². The van der Waals surface area contributed by atoms with Crippen molar-refractivity contribution in [2.24, 2.45) is 0 Å². The maximum Gasteiger partial charge on any atom is 0.0543 e. The predicted octanol–water partition coefficient (Wildman–Crippen LogP) is 11.7. The summed E-state index contributed by atoms with van der Waals surface area (Å²) in [6, 6.07) is 41.2. The van der Waals surface area contributed by atoms with Gasteiger partial charge in [-0.15, -0.1) is 0 Å². The number of hydrogen-bond donors (Lipinski definition) is 0. The van der Waals surface area contributed by atoms with Crippen LogP contribution in [0.1, 0.15) is 48.6 Å². The van der Waals surface area contributed by atoms with E-state index in [1.807, 2.05) is 0 Å². The van der Waals surface area contributed by atoms with Gasteiger partial charge in [-0.3, -0.25) is 0 Å². The minimum atomic E-state index is -0.109. The summed E-state index contributed by atoms with van der Waals surface area (Å²) in [5, 5.41) is 5.20. The van der Waals surface area contributed by atoms with Crippen molar-refractivity contribution in [2.75, 3.05) is 4.90 Å². The van der Waals surface area contributed by atoms with Gasteiger partial charge in [0, 0.05) is 45.0 Å². The highest BCUT2D eigenvalue weighted by Gasteiger charge is 2.38. The van der Waals surface area contributed by atoms with Crippen molar-refractivity contribution in [2.45, 2.75) is 53.5 Å². The number of para-hydroxylation sites is 1. The van der Waals surface area contributed by atoms with E-state index >= 15 is 0 Å². The zero-order chi connectivity index (χ0) is 30.3. The number of nitrogens with zero attached hydrogens (tertiary/aromatic N) is 2. The molecule has 0 atom stereocenters. The van der Waals surface area contributed by atoms with Gasteiger partial charge in [-0.2, -0.15) is 0 Å². The van der Waals surface area contributed by atoms with E-state index in [0.29, 0.717) is 0 Å². The lowest BCUT2D eigenvalue weighted by molar-refractivity contribution is 0.660. The Hall–Kier alpha value is -4.82. The van der Waals surface area contributed by atoms with Crippen molar-refractivity contribution in [3.05, 3.63) is 137 Å². The SMILES string of the molecule is CCn1c2ccccc2c2ccc(N(c3ccc(C)cc3C)c3cc4c(c5ccccc35)-c3ccc(C)cc3C4(C)C)cc21. The lowest BCUT2D eigenvalue weighted by atomic mass is 9.81. The van der Waals surface area contributed by atoms with Crippen LogP contribution in [0.4, 0.5) is 17.1 Å². The van der Waals surface area contributed by atoms with Crippen LogP contribution in [0.5, 0.6) is 0 Å². The number of rotatable bonds is 4. The Labute approximate surface area is 260 Å². The average Bonchev–Trinajstić information content (AvgIpc) is 3.46. The third-order valence-electron chi connectivity index (χ3n) is 9.98. The summed E-state index contributed by atoms with van der Waals surface area (Å²) in [7, 11) is 0. The van der Waals surface area contributed by atoms with Gasteiger partial charge in [0.25, 0.3) is 0 Å². The van der Waals surface area contributed by atoms with Crippen LogP contribution in [0.15, 0.2) is 109 Å². The van der Waals surface area contributed by atoms with Crippen molar-refractivity contribution in [1.82, 2.24) is 4.57 Å². The Morgan fingerprint density at radius 2 is 1.27 bits per heavy atom. The Balaban J connectivity index is 1.47. The van der Waals surface area contributed by atoms with Crippen molar-refractivity contribution < 1.29 is 0 Å². The molecule has 0 saturated heterocycles. The minimum Gasteiger partial charge on any atom is -0.341 e. The lowest BCUT2D eigenvalue weighted by Gasteiger charge is -2.31. The fourth-order valence-electron chi connectivity index (χ4n) is 7.84. The molecule has 7 aromatic rings. The molecule has 0 bridgehead atoms. The van der Waals surface area contributed by atoms with Gasteiger partial charge in [-0.05, 0) is 91.2 Å². The molecule has 1 aliphatic rings. The Bertz CT molecular complexity index is 2280. The van der Waals surface area contributed by atoms with Gasteiger partial charge < -0.3 is 9.47 Å². The smallest absolute Gasteiger partial charge is 0.0543 e. The molecule has 2 nitrogen and oxygen atoms in total. The van der Waals surface area contributed by atoms with Gasteiger partial charge >= 0.3 is 0 Å². The summed E-state index contributed by atoms with van der Waals surface area (Å²) in [6.07, 6.45) is 0. The van der Waals surface area contributed by atoms with Gasteiger partial charge in [0.15, 0.2) is 0 Å². The van der Waals surface area contributed by atoms with Crippen molar-refractivity contribution >= 4 is 49.6 Å². The highest BCUT2D eigenvalue weighted by Crippen LogP contribution is 2.55. The van der Waals surface area contributed by atoms with Gasteiger partial charge in [0.05, 0.1) is 11.2 Å². The second-order valence-corrected chi connectivity index (χ2v) is 13.1. The monoisotopic (exact) mass is 570 g/mol. The van der Waals surface area contributed by atoms with Crippen LogP contribution >= 0.6 is 0 Å². The molecular formula is C42H38N2. The van der Waals surface area contributed by atoms with Crippen LogP contribution in [0.3, 0.4) is 0 Å². The van der Waals surface area contributed by atoms with Gasteiger partial charge in [-0.25, -0.2) is 0 Å². The normalized spacial score (nSPS) is 13.5. The zero-order valence-electron chi connectivity index (χ0n) is 26.5. The lowest BCUT2D eigenvalue weighted by Crippen LogP contribution is -2.17. The molecule has 8 rings (SSSR count). The average molecular weight is 571 g/mol. The number of aryl methyl sites for hydroxylation is 4. The molecule has 1 aromatic heterocycles. The van der Waals surface area contributed by atoms with Crippen LogP contribution in [-0.2, 0) is 12.0 Å². The molecule has 216 valence electrons. The van der Waals surface area contributed by atoms with E-state index in [4.69, 9.17) is 0 Å². The van der Waals surface area contributed by atoms with Crippen LogP contribution in [-0.4, -0.2) is 4.57 Å². The fraction of sp³-hybridized carbons (Fsp3) is 0.190. The second kappa shape index (κ2) is 9.59. The summed E-state index contributed by atoms with van der Waals surface area (Å²) >= 11 is 0. The molecule has 0 unspecified atom stereocenters. The van der Waals surface area contributed by atoms with E-state index < -0.39 is 0 Å². The van der Waals surface area contributed by atoms with Crippen molar-refractivity contribution in [3.63, 3.8) is 0 Å². The van der Waals surface area contributed by atoms with Crippen LogP contribution < -0.4 is 4.90 Å². The third kappa shape index (κ3) is 3.73. The molecule has 0 saturated carbocycles. The molecule has 44 heavy (non-hydrogen) atoms. The van der Waals surface area contributed by atoms with Crippen molar-refractivity contribution in [3.8, 4) is 11.1 Å². The first-order chi connectivity index (χ1) is 21.3. The molecule has 1 heterocycles. The van der Waals surface area contributed by atoms with Crippen molar-refractivity contribution in [1.29, 1.82) is 0 Å². The summed E-state index contributed by atoms with van der Waals surface area (Å²) < 4.78 is 2.46. The summed E-state index contributed by atoms with van der Waals surface area (Å²) in [5.74, 6) is 0. The van der Waals surface area contributed by atoms with E-state index in [2.05, 4.69) is 160 Å². The Morgan fingerprint density at radius 3 is 2.05 bits per heavy atom. The molecule has 0 amide bonds. The van der Waals surface area contributed by atoms with E-state index in [0.717, 1.165) is 6.54 Å². The molecule has 2 heteroatoms. The fourth-order valence-corrected chi connectivity index (χ4v) is 7.84. The molecule has 6 aromatic carbocycles. The van der Waals surface area contributed by atoms with Crippen LogP contribution in [0.25, 0.3) is 43.7 Å². The number of aromatic nitrogens is 1. The zero-order valence-corrected chi connectivity index (χ0v) is 26.5. The second-order valence-electron chi connectivity index (χ2n) is 13.1.